The number of benzene rings is 1. The minimum Gasteiger partial charge on any atom is -0.393 e. The van der Waals surface area contributed by atoms with Crippen molar-refractivity contribution in [3.63, 3.8) is 0 Å². The molecule has 1 rings (SSSR count). The predicted octanol–water partition coefficient (Wildman–Crippen LogP) is 0.679. The molecule has 0 unspecified atom stereocenters. The molecule has 0 aliphatic carbocycles. The van der Waals surface area contributed by atoms with Crippen molar-refractivity contribution in [1.82, 2.24) is 10.6 Å². The fourth-order valence-corrected chi connectivity index (χ4v) is 1.49. The monoisotopic (exact) mass is 294 g/mol. The van der Waals surface area contributed by atoms with Crippen molar-refractivity contribution in [3.8, 4) is 0 Å². The molecule has 0 heterocycles. The molecule has 0 radical (unpaired) electrons. The average Bonchev–Trinajstić information content (AvgIpc) is 2.42. The molecule has 4 N–H and O–H groups in total. The van der Waals surface area contributed by atoms with Crippen LogP contribution in [0.25, 0.3) is 0 Å². The summed E-state index contributed by atoms with van der Waals surface area (Å²) in [6, 6.07) is 3.73. The van der Waals surface area contributed by atoms with Crippen LogP contribution in [0.5, 0.6) is 0 Å². The Morgan fingerprint density at radius 3 is 2.57 bits per heavy atom. The van der Waals surface area contributed by atoms with Crippen molar-refractivity contribution in [1.29, 1.82) is 0 Å². The van der Waals surface area contributed by atoms with Gasteiger partial charge in [0.15, 0.2) is 0 Å². The molecule has 0 aliphatic heterocycles. The number of rotatable bonds is 6. The summed E-state index contributed by atoms with van der Waals surface area (Å²) in [7, 11) is 0. The molecule has 1 aromatic carbocycles. The molecular formula is C13H18N4O4. The number of anilines is 1. The van der Waals surface area contributed by atoms with Crippen LogP contribution >= 0.6 is 0 Å². The van der Waals surface area contributed by atoms with E-state index >= 15 is 0 Å². The topological polar surface area (TPSA) is 127 Å². The highest BCUT2D eigenvalue weighted by Crippen LogP contribution is 2.22. The zero-order valence-corrected chi connectivity index (χ0v) is 11.9. The molecule has 2 amide bonds. The first-order valence-corrected chi connectivity index (χ1v) is 6.40. The second-order valence-electron chi connectivity index (χ2n) is 4.91. The third-order valence-corrected chi connectivity index (χ3v) is 2.61. The predicted molar refractivity (Wildman–Crippen MR) is 77.7 cm³/mol. The Bertz CT molecular complexity index is 557. The molecule has 114 valence electrons. The molecular weight excluding hydrogens is 276 g/mol. The molecule has 0 aromatic heterocycles. The fraction of sp³-hybridized carbons (Fsp3) is 0.385. The number of amides is 2. The minimum atomic E-state index is -0.665. The first-order valence-electron chi connectivity index (χ1n) is 6.40. The van der Waals surface area contributed by atoms with Gasteiger partial charge >= 0.3 is 0 Å². The van der Waals surface area contributed by atoms with E-state index < -0.39 is 10.8 Å². The zero-order chi connectivity index (χ0) is 16.0. The Kier molecular flexibility index (Phi) is 5.65. The van der Waals surface area contributed by atoms with Gasteiger partial charge in [0.2, 0.25) is 5.91 Å². The lowest BCUT2D eigenvalue weighted by molar-refractivity contribution is -0.383. The third-order valence-electron chi connectivity index (χ3n) is 2.61. The summed E-state index contributed by atoms with van der Waals surface area (Å²) in [6.07, 6.45) is 0. The molecule has 0 saturated carbocycles. The van der Waals surface area contributed by atoms with Gasteiger partial charge in [0.05, 0.1) is 11.5 Å². The number of nitrogens with zero attached hydrogens (tertiary/aromatic N) is 1. The van der Waals surface area contributed by atoms with E-state index in [-0.39, 0.29) is 29.4 Å². The van der Waals surface area contributed by atoms with Crippen LogP contribution in [0.3, 0.4) is 0 Å². The van der Waals surface area contributed by atoms with Crippen LogP contribution in [0.1, 0.15) is 24.2 Å². The summed E-state index contributed by atoms with van der Waals surface area (Å²) in [4.78, 5) is 33.4. The highest BCUT2D eigenvalue weighted by atomic mass is 16.6. The lowest BCUT2D eigenvalue weighted by Crippen LogP contribution is -2.38. The van der Waals surface area contributed by atoms with Gasteiger partial charge in [-0.1, -0.05) is 13.8 Å². The number of nitrogens with two attached hydrogens (primary N) is 1. The van der Waals surface area contributed by atoms with Gasteiger partial charge in [-0.2, -0.15) is 0 Å². The Balaban J connectivity index is 2.62. The van der Waals surface area contributed by atoms with Crippen LogP contribution < -0.4 is 16.4 Å². The van der Waals surface area contributed by atoms with E-state index in [2.05, 4.69) is 10.6 Å². The summed E-state index contributed by atoms with van der Waals surface area (Å²) in [5.41, 5.74) is 5.16. The second-order valence-corrected chi connectivity index (χ2v) is 4.91. The molecule has 0 fully saturated rings. The van der Waals surface area contributed by atoms with Gasteiger partial charge in [-0.05, 0) is 18.1 Å². The van der Waals surface area contributed by atoms with Gasteiger partial charge in [0, 0.05) is 18.2 Å². The average molecular weight is 294 g/mol. The summed E-state index contributed by atoms with van der Waals surface area (Å²) in [6.45, 7) is 4.23. The van der Waals surface area contributed by atoms with Crippen molar-refractivity contribution in [3.05, 3.63) is 33.9 Å². The van der Waals surface area contributed by atoms with Crippen molar-refractivity contribution < 1.29 is 14.5 Å². The highest BCUT2D eigenvalue weighted by molar-refractivity contribution is 5.97. The van der Waals surface area contributed by atoms with E-state index in [4.69, 9.17) is 5.73 Å². The fourth-order valence-electron chi connectivity index (χ4n) is 1.49. The number of nitro benzene ring substituents is 1. The Morgan fingerprint density at radius 2 is 2.00 bits per heavy atom. The lowest BCUT2D eigenvalue weighted by Gasteiger charge is -2.09. The van der Waals surface area contributed by atoms with Crippen LogP contribution in [-0.4, -0.2) is 29.8 Å². The molecule has 0 atom stereocenters. The Hall–Kier alpha value is -2.64. The first-order chi connectivity index (χ1) is 9.81. The molecule has 1 aromatic rings. The smallest absolute Gasteiger partial charge is 0.292 e. The van der Waals surface area contributed by atoms with Crippen LogP contribution in [0.2, 0.25) is 0 Å². The van der Waals surface area contributed by atoms with E-state index in [0.29, 0.717) is 12.5 Å². The standard InChI is InChI=1S/C13H18N4O4/c1-8(2)6-15-12(18)7-16-13(19)9-3-4-10(14)11(5-9)17(20)21/h3-5,8H,6-7,14H2,1-2H3,(H,15,18)(H,16,19). The van der Waals surface area contributed by atoms with Gasteiger partial charge in [0.1, 0.15) is 5.69 Å². The third kappa shape index (κ3) is 5.09. The molecule has 8 nitrogen and oxygen atoms in total. The molecule has 0 aliphatic rings. The van der Waals surface area contributed by atoms with E-state index in [1.807, 2.05) is 13.8 Å². The molecule has 0 saturated heterocycles. The van der Waals surface area contributed by atoms with Crippen LogP contribution in [0.4, 0.5) is 11.4 Å². The van der Waals surface area contributed by atoms with Gasteiger partial charge in [0.25, 0.3) is 11.6 Å². The number of carbonyl (C=O) groups is 2. The summed E-state index contributed by atoms with van der Waals surface area (Å²) in [5.74, 6) is -0.579. The van der Waals surface area contributed by atoms with Crippen LogP contribution in [0, 0.1) is 16.0 Å². The first kappa shape index (κ1) is 16.4. The number of hydrogen-bond donors (Lipinski definition) is 3. The second kappa shape index (κ2) is 7.22. The lowest BCUT2D eigenvalue weighted by atomic mass is 10.1. The molecule has 0 bridgehead atoms. The van der Waals surface area contributed by atoms with Crippen molar-refractivity contribution >= 4 is 23.2 Å². The molecule has 0 spiro atoms. The summed E-state index contributed by atoms with van der Waals surface area (Å²) >= 11 is 0. The number of hydrogen-bond acceptors (Lipinski definition) is 5. The SMILES string of the molecule is CC(C)CNC(=O)CNC(=O)c1ccc(N)c([N+](=O)[O-])c1. The normalized spacial score (nSPS) is 10.2. The Labute approximate surface area is 121 Å². The van der Waals surface area contributed by atoms with Crippen LogP contribution in [-0.2, 0) is 4.79 Å². The van der Waals surface area contributed by atoms with Crippen molar-refractivity contribution in [2.45, 2.75) is 13.8 Å². The maximum atomic E-state index is 11.8. The largest absolute Gasteiger partial charge is 0.393 e. The Morgan fingerprint density at radius 1 is 1.33 bits per heavy atom. The number of nitro groups is 1. The van der Waals surface area contributed by atoms with Gasteiger partial charge in [-0.15, -0.1) is 0 Å². The maximum Gasteiger partial charge on any atom is 0.292 e. The van der Waals surface area contributed by atoms with E-state index in [1.54, 1.807) is 0 Å². The van der Waals surface area contributed by atoms with Crippen LogP contribution in [0.15, 0.2) is 18.2 Å². The van der Waals surface area contributed by atoms with Gasteiger partial charge in [-0.3, -0.25) is 19.7 Å². The molecule has 21 heavy (non-hydrogen) atoms. The quantitative estimate of drug-likeness (QED) is 0.404. The van der Waals surface area contributed by atoms with Gasteiger partial charge < -0.3 is 16.4 Å². The van der Waals surface area contributed by atoms with Gasteiger partial charge in [-0.25, -0.2) is 0 Å². The van der Waals surface area contributed by atoms with Crippen molar-refractivity contribution in [2.75, 3.05) is 18.8 Å². The number of carbonyl (C=O) groups excluding carboxylic acids is 2. The number of nitrogen functional groups attached to an aromatic ring is 1. The minimum absolute atomic E-state index is 0.0220. The van der Waals surface area contributed by atoms with E-state index in [9.17, 15) is 19.7 Å². The van der Waals surface area contributed by atoms with E-state index in [1.165, 1.54) is 12.1 Å². The van der Waals surface area contributed by atoms with Crippen molar-refractivity contribution in [2.24, 2.45) is 5.92 Å². The summed E-state index contributed by atoms with van der Waals surface area (Å²) < 4.78 is 0. The molecule has 8 heteroatoms. The number of nitrogens with one attached hydrogen (secondary N) is 2. The summed E-state index contributed by atoms with van der Waals surface area (Å²) in [5, 5.41) is 15.8. The highest BCUT2D eigenvalue weighted by Gasteiger charge is 2.16. The zero-order valence-electron chi connectivity index (χ0n) is 11.9. The maximum absolute atomic E-state index is 11.8. The van der Waals surface area contributed by atoms with E-state index in [0.717, 1.165) is 6.07 Å².